The normalized spacial score (nSPS) is 10.7. The summed E-state index contributed by atoms with van der Waals surface area (Å²) in [5, 5.41) is 4.25. The van der Waals surface area contributed by atoms with Gasteiger partial charge >= 0.3 is 0 Å². The monoisotopic (exact) mass is 351 g/mol. The molecule has 4 nitrogen and oxygen atoms in total. The Hall–Kier alpha value is -2.95. The van der Waals surface area contributed by atoms with Crippen LogP contribution in [0, 0.1) is 12.7 Å². The van der Waals surface area contributed by atoms with Crippen molar-refractivity contribution in [1.82, 2.24) is 14.7 Å². The maximum Gasteiger partial charge on any atom is 0.257 e. The molecule has 1 amide bonds. The van der Waals surface area contributed by atoms with E-state index in [-0.39, 0.29) is 11.7 Å². The molecule has 0 saturated heterocycles. The third-order valence-corrected chi connectivity index (χ3v) is 4.32. The van der Waals surface area contributed by atoms with Crippen molar-refractivity contribution in [3.05, 3.63) is 83.4 Å². The van der Waals surface area contributed by atoms with Crippen molar-refractivity contribution in [3.8, 4) is 5.69 Å². The van der Waals surface area contributed by atoms with Crippen molar-refractivity contribution in [1.29, 1.82) is 0 Å². The van der Waals surface area contributed by atoms with Gasteiger partial charge in [0, 0.05) is 13.1 Å². The topological polar surface area (TPSA) is 38.1 Å². The van der Waals surface area contributed by atoms with Crippen LogP contribution in [0.2, 0.25) is 0 Å². The third kappa shape index (κ3) is 3.67. The summed E-state index contributed by atoms with van der Waals surface area (Å²) in [5.74, 6) is -0.455. The Labute approximate surface area is 152 Å². The molecule has 0 spiro atoms. The highest BCUT2D eigenvalue weighted by Gasteiger charge is 2.21. The van der Waals surface area contributed by atoms with Crippen LogP contribution in [-0.4, -0.2) is 27.1 Å². The largest absolute Gasteiger partial charge is 0.334 e. The molecule has 26 heavy (non-hydrogen) atoms. The van der Waals surface area contributed by atoms with Gasteiger partial charge in [0.1, 0.15) is 11.5 Å². The van der Waals surface area contributed by atoms with Crippen molar-refractivity contribution >= 4 is 5.91 Å². The van der Waals surface area contributed by atoms with Crippen LogP contribution in [0.15, 0.2) is 60.8 Å². The number of aromatic nitrogens is 2. The second-order valence-corrected chi connectivity index (χ2v) is 6.22. The number of para-hydroxylation sites is 1. The summed E-state index contributed by atoms with van der Waals surface area (Å²) in [4.78, 5) is 14.9. The van der Waals surface area contributed by atoms with Crippen LogP contribution in [0.4, 0.5) is 4.39 Å². The summed E-state index contributed by atoms with van der Waals surface area (Å²) >= 11 is 0. The van der Waals surface area contributed by atoms with Gasteiger partial charge in [0.25, 0.3) is 5.91 Å². The summed E-state index contributed by atoms with van der Waals surface area (Å²) in [7, 11) is 0. The van der Waals surface area contributed by atoms with Gasteiger partial charge in [-0.05, 0) is 31.0 Å². The quantitative estimate of drug-likeness (QED) is 0.661. The molecule has 0 aliphatic carbocycles. The van der Waals surface area contributed by atoms with Gasteiger partial charge in [-0.2, -0.15) is 5.10 Å². The SMILES string of the molecule is CCCN(Cc1ccccc1)C(=O)c1cnn(-c2ccccc2F)c1C. The zero-order chi connectivity index (χ0) is 18.5. The number of hydrogen-bond acceptors (Lipinski definition) is 2. The zero-order valence-electron chi connectivity index (χ0n) is 15.0. The Bertz CT molecular complexity index is 889. The highest BCUT2D eigenvalue weighted by molar-refractivity contribution is 5.95. The predicted octanol–water partition coefficient (Wildman–Crippen LogP) is 4.37. The molecule has 2 aromatic carbocycles. The van der Waals surface area contributed by atoms with E-state index >= 15 is 0 Å². The minimum atomic E-state index is -0.368. The molecule has 0 radical (unpaired) electrons. The molecule has 0 aliphatic rings. The van der Waals surface area contributed by atoms with Crippen LogP contribution in [-0.2, 0) is 6.54 Å². The molecule has 0 aliphatic heterocycles. The Balaban J connectivity index is 1.89. The molecule has 0 atom stereocenters. The van der Waals surface area contributed by atoms with E-state index in [2.05, 4.69) is 5.10 Å². The standard InChI is InChI=1S/C21H22FN3O/c1-3-13-24(15-17-9-5-4-6-10-17)21(26)18-14-23-25(16(18)2)20-12-8-7-11-19(20)22/h4-12,14H,3,13,15H2,1-2H3. The number of nitrogens with zero attached hydrogens (tertiary/aromatic N) is 3. The second-order valence-electron chi connectivity index (χ2n) is 6.22. The molecular weight excluding hydrogens is 329 g/mol. The van der Waals surface area contributed by atoms with Crippen LogP contribution < -0.4 is 0 Å². The number of carbonyl (C=O) groups is 1. The number of benzene rings is 2. The van der Waals surface area contributed by atoms with Crippen molar-refractivity contribution in [2.24, 2.45) is 0 Å². The van der Waals surface area contributed by atoms with E-state index in [1.807, 2.05) is 42.2 Å². The molecule has 0 saturated carbocycles. The molecule has 5 heteroatoms. The van der Waals surface area contributed by atoms with Gasteiger partial charge in [-0.3, -0.25) is 4.79 Å². The molecular formula is C21H22FN3O. The van der Waals surface area contributed by atoms with Crippen LogP contribution in [0.5, 0.6) is 0 Å². The number of rotatable bonds is 6. The first-order chi connectivity index (χ1) is 12.6. The van der Waals surface area contributed by atoms with E-state index in [9.17, 15) is 9.18 Å². The first-order valence-electron chi connectivity index (χ1n) is 8.74. The molecule has 1 aromatic heterocycles. The molecule has 0 bridgehead atoms. The minimum Gasteiger partial charge on any atom is -0.334 e. The second kappa shape index (κ2) is 7.95. The maximum absolute atomic E-state index is 14.1. The van der Waals surface area contributed by atoms with Crippen molar-refractivity contribution in [3.63, 3.8) is 0 Å². The highest BCUT2D eigenvalue weighted by Crippen LogP contribution is 2.19. The van der Waals surface area contributed by atoms with E-state index in [0.717, 1.165) is 12.0 Å². The number of carbonyl (C=O) groups excluding carboxylic acids is 1. The molecule has 3 aromatic rings. The van der Waals surface area contributed by atoms with E-state index in [1.165, 1.54) is 16.9 Å². The fraction of sp³-hybridized carbons (Fsp3) is 0.238. The average molecular weight is 351 g/mol. The summed E-state index contributed by atoms with van der Waals surface area (Å²) in [6, 6.07) is 16.3. The van der Waals surface area contributed by atoms with Crippen molar-refractivity contribution < 1.29 is 9.18 Å². The lowest BCUT2D eigenvalue weighted by molar-refractivity contribution is 0.0742. The Kier molecular flexibility index (Phi) is 5.46. The fourth-order valence-corrected chi connectivity index (χ4v) is 2.98. The lowest BCUT2D eigenvalue weighted by Gasteiger charge is -2.22. The number of halogens is 1. The van der Waals surface area contributed by atoms with E-state index in [0.29, 0.717) is 30.0 Å². The van der Waals surface area contributed by atoms with Gasteiger partial charge in [0.15, 0.2) is 0 Å². The van der Waals surface area contributed by atoms with E-state index in [1.54, 1.807) is 25.1 Å². The van der Waals surface area contributed by atoms with E-state index < -0.39 is 0 Å². The predicted molar refractivity (Wildman–Crippen MR) is 99.7 cm³/mol. The highest BCUT2D eigenvalue weighted by atomic mass is 19.1. The average Bonchev–Trinajstić information content (AvgIpc) is 3.03. The van der Waals surface area contributed by atoms with Crippen LogP contribution in [0.1, 0.15) is 35.0 Å². The van der Waals surface area contributed by atoms with Gasteiger partial charge in [0.05, 0.1) is 17.5 Å². The van der Waals surface area contributed by atoms with Gasteiger partial charge < -0.3 is 4.90 Å². The Morgan fingerprint density at radius 1 is 1.12 bits per heavy atom. The fourth-order valence-electron chi connectivity index (χ4n) is 2.98. The van der Waals surface area contributed by atoms with Crippen molar-refractivity contribution in [2.75, 3.05) is 6.54 Å². The minimum absolute atomic E-state index is 0.0872. The summed E-state index contributed by atoms with van der Waals surface area (Å²) in [6.07, 6.45) is 2.39. The first-order valence-corrected chi connectivity index (χ1v) is 8.74. The van der Waals surface area contributed by atoms with Crippen LogP contribution in [0.3, 0.4) is 0 Å². The molecule has 134 valence electrons. The summed E-state index contributed by atoms with van der Waals surface area (Å²) in [6.45, 7) is 5.02. The summed E-state index contributed by atoms with van der Waals surface area (Å²) < 4.78 is 15.6. The molecule has 0 N–H and O–H groups in total. The van der Waals surface area contributed by atoms with Gasteiger partial charge in [-0.15, -0.1) is 0 Å². The number of amides is 1. The van der Waals surface area contributed by atoms with Crippen LogP contribution in [0.25, 0.3) is 5.69 Å². The van der Waals surface area contributed by atoms with Gasteiger partial charge in [-0.25, -0.2) is 9.07 Å². The smallest absolute Gasteiger partial charge is 0.257 e. The van der Waals surface area contributed by atoms with Gasteiger partial charge in [-0.1, -0.05) is 49.4 Å². The Morgan fingerprint density at radius 3 is 2.50 bits per heavy atom. The molecule has 3 rings (SSSR count). The van der Waals surface area contributed by atoms with Gasteiger partial charge in [0.2, 0.25) is 0 Å². The maximum atomic E-state index is 14.1. The molecule has 0 fully saturated rings. The molecule has 0 unspecified atom stereocenters. The van der Waals surface area contributed by atoms with E-state index in [4.69, 9.17) is 0 Å². The van der Waals surface area contributed by atoms with Crippen LogP contribution >= 0.6 is 0 Å². The Morgan fingerprint density at radius 2 is 1.81 bits per heavy atom. The lowest BCUT2D eigenvalue weighted by atomic mass is 10.1. The first kappa shape index (κ1) is 17.9. The zero-order valence-corrected chi connectivity index (χ0v) is 15.0. The lowest BCUT2D eigenvalue weighted by Crippen LogP contribution is -2.31. The van der Waals surface area contributed by atoms with Crippen molar-refractivity contribution in [2.45, 2.75) is 26.8 Å². The summed E-state index contributed by atoms with van der Waals surface area (Å²) in [5.41, 5.74) is 2.55. The number of hydrogen-bond donors (Lipinski definition) is 0. The third-order valence-electron chi connectivity index (χ3n) is 4.32. The molecule has 1 heterocycles.